The van der Waals surface area contributed by atoms with Crippen molar-refractivity contribution < 1.29 is 14.3 Å². The number of carbonyl (C=O) groups excluding carboxylic acids is 1. The summed E-state index contributed by atoms with van der Waals surface area (Å²) in [6.07, 6.45) is 1.74. The molecule has 2 atom stereocenters. The van der Waals surface area contributed by atoms with Crippen molar-refractivity contribution in [3.63, 3.8) is 0 Å². The van der Waals surface area contributed by atoms with Gasteiger partial charge in [-0.15, -0.1) is 0 Å². The molecule has 0 radical (unpaired) electrons. The average molecular weight is 367 g/mol. The molecule has 0 spiro atoms. The van der Waals surface area contributed by atoms with Crippen molar-refractivity contribution in [3.05, 3.63) is 59.2 Å². The molecule has 0 amide bonds. The Morgan fingerprint density at radius 1 is 1.19 bits per heavy atom. The van der Waals surface area contributed by atoms with Gasteiger partial charge in [-0.2, -0.15) is 0 Å². The predicted molar refractivity (Wildman–Crippen MR) is 108 cm³/mol. The quantitative estimate of drug-likeness (QED) is 0.752. The van der Waals surface area contributed by atoms with E-state index in [1.54, 1.807) is 0 Å². The minimum Gasteiger partial charge on any atom is -0.467 e. The molecule has 1 aliphatic carbocycles. The lowest BCUT2D eigenvalue weighted by Crippen LogP contribution is -2.31. The van der Waals surface area contributed by atoms with Gasteiger partial charge < -0.3 is 15.2 Å². The lowest BCUT2D eigenvalue weighted by atomic mass is 9.84. The summed E-state index contributed by atoms with van der Waals surface area (Å²) in [6, 6.07) is 15.1. The Morgan fingerprint density at radius 3 is 2.44 bits per heavy atom. The first-order valence-electron chi connectivity index (χ1n) is 9.46. The molecule has 0 aromatic heterocycles. The number of nitrogens with two attached hydrogens (primary N) is 1. The second-order valence-electron chi connectivity index (χ2n) is 8.00. The number of benzene rings is 2. The van der Waals surface area contributed by atoms with Crippen LogP contribution >= 0.6 is 0 Å². The van der Waals surface area contributed by atoms with E-state index in [2.05, 4.69) is 43.3 Å². The smallest absolute Gasteiger partial charge is 0.331 e. The number of hydrogen-bond acceptors (Lipinski definition) is 4. The maximum Gasteiger partial charge on any atom is 0.331 e. The van der Waals surface area contributed by atoms with Crippen LogP contribution in [0, 0.1) is 6.92 Å². The number of esters is 1. The molecule has 2 N–H and O–H groups in total. The van der Waals surface area contributed by atoms with Gasteiger partial charge in [-0.25, -0.2) is 4.79 Å². The van der Waals surface area contributed by atoms with Crippen LogP contribution in [0.4, 0.5) is 0 Å². The molecule has 1 saturated carbocycles. The van der Waals surface area contributed by atoms with E-state index in [-0.39, 0.29) is 18.6 Å². The molecule has 27 heavy (non-hydrogen) atoms. The standard InChI is InChI=1S/C23H29NO3/c1-15-10-11-17(18-12-20(18)24)22(16-8-6-5-7-9-16)19(15)13-23(2,3)27-14-21(25)26-4/h5-11,18,20H,12-14,24H2,1-4H3. The van der Waals surface area contributed by atoms with E-state index in [9.17, 15) is 4.79 Å². The molecular weight excluding hydrogens is 338 g/mol. The van der Waals surface area contributed by atoms with Crippen LogP contribution < -0.4 is 5.73 Å². The van der Waals surface area contributed by atoms with Crippen molar-refractivity contribution in [3.8, 4) is 11.1 Å². The van der Waals surface area contributed by atoms with Crippen molar-refractivity contribution in [2.24, 2.45) is 5.73 Å². The Bertz CT molecular complexity index is 814. The van der Waals surface area contributed by atoms with E-state index in [0.29, 0.717) is 12.3 Å². The number of rotatable bonds is 7. The number of aryl methyl sites for hydroxylation is 1. The normalized spacial score (nSPS) is 19.0. The highest BCUT2D eigenvalue weighted by Gasteiger charge is 2.37. The van der Waals surface area contributed by atoms with Crippen LogP contribution in [0.3, 0.4) is 0 Å². The van der Waals surface area contributed by atoms with Crippen LogP contribution in [0.5, 0.6) is 0 Å². The summed E-state index contributed by atoms with van der Waals surface area (Å²) in [7, 11) is 1.37. The molecule has 1 aliphatic rings. The van der Waals surface area contributed by atoms with Crippen LogP contribution in [0.15, 0.2) is 42.5 Å². The molecular formula is C23H29NO3. The van der Waals surface area contributed by atoms with E-state index in [1.165, 1.54) is 34.9 Å². The number of carbonyl (C=O) groups is 1. The molecule has 0 bridgehead atoms. The van der Waals surface area contributed by atoms with Gasteiger partial charge in [-0.1, -0.05) is 42.5 Å². The zero-order valence-electron chi connectivity index (χ0n) is 16.6. The average Bonchev–Trinajstić information content (AvgIpc) is 3.38. The van der Waals surface area contributed by atoms with Crippen molar-refractivity contribution in [2.45, 2.75) is 51.2 Å². The third-order valence-electron chi connectivity index (χ3n) is 5.29. The van der Waals surface area contributed by atoms with E-state index in [1.807, 2.05) is 19.9 Å². The Morgan fingerprint density at radius 2 is 1.85 bits per heavy atom. The second kappa shape index (κ2) is 7.83. The van der Waals surface area contributed by atoms with Crippen molar-refractivity contribution >= 4 is 5.97 Å². The van der Waals surface area contributed by atoms with Crippen LogP contribution in [0.1, 0.15) is 42.9 Å². The van der Waals surface area contributed by atoms with Gasteiger partial charge in [0.25, 0.3) is 0 Å². The number of hydrogen-bond donors (Lipinski definition) is 1. The van der Waals surface area contributed by atoms with Crippen LogP contribution in [-0.2, 0) is 20.7 Å². The predicted octanol–water partition coefficient (Wildman–Crippen LogP) is 3.99. The van der Waals surface area contributed by atoms with Crippen LogP contribution in [0.25, 0.3) is 11.1 Å². The molecule has 0 saturated heterocycles. The third-order valence-corrected chi connectivity index (χ3v) is 5.29. The molecule has 0 aliphatic heterocycles. The molecule has 2 unspecified atom stereocenters. The van der Waals surface area contributed by atoms with Crippen molar-refractivity contribution in [1.82, 2.24) is 0 Å². The van der Waals surface area contributed by atoms with E-state index in [0.717, 1.165) is 6.42 Å². The van der Waals surface area contributed by atoms with E-state index < -0.39 is 5.60 Å². The third kappa shape index (κ3) is 4.57. The maximum absolute atomic E-state index is 11.5. The minimum atomic E-state index is -0.493. The van der Waals surface area contributed by atoms with Crippen molar-refractivity contribution in [2.75, 3.05) is 13.7 Å². The highest BCUT2D eigenvalue weighted by Crippen LogP contribution is 2.46. The first-order valence-corrected chi connectivity index (χ1v) is 9.46. The number of ether oxygens (including phenoxy) is 2. The minimum absolute atomic E-state index is 0.0452. The first-order chi connectivity index (χ1) is 12.8. The second-order valence-corrected chi connectivity index (χ2v) is 8.00. The summed E-state index contributed by atoms with van der Waals surface area (Å²) < 4.78 is 10.6. The van der Waals surface area contributed by atoms with Gasteiger partial charge in [0.2, 0.25) is 0 Å². The van der Waals surface area contributed by atoms with Gasteiger partial charge in [0.05, 0.1) is 12.7 Å². The lowest BCUT2D eigenvalue weighted by molar-refractivity contribution is -0.151. The molecule has 0 heterocycles. The van der Waals surface area contributed by atoms with Gasteiger partial charge in [0.1, 0.15) is 6.61 Å². The molecule has 3 rings (SSSR count). The zero-order valence-corrected chi connectivity index (χ0v) is 16.6. The topological polar surface area (TPSA) is 61.5 Å². The summed E-state index contributed by atoms with van der Waals surface area (Å²) in [5, 5.41) is 0. The fourth-order valence-electron chi connectivity index (χ4n) is 3.61. The fraction of sp³-hybridized carbons (Fsp3) is 0.435. The lowest BCUT2D eigenvalue weighted by Gasteiger charge is -2.28. The molecule has 2 aromatic carbocycles. The Hall–Kier alpha value is -2.17. The monoisotopic (exact) mass is 367 g/mol. The largest absolute Gasteiger partial charge is 0.467 e. The summed E-state index contributed by atoms with van der Waals surface area (Å²) in [4.78, 5) is 11.5. The van der Waals surface area contributed by atoms with E-state index in [4.69, 9.17) is 15.2 Å². The highest BCUT2D eigenvalue weighted by atomic mass is 16.6. The summed E-state index contributed by atoms with van der Waals surface area (Å²) in [6.45, 7) is 6.12. The van der Waals surface area contributed by atoms with Gasteiger partial charge in [0.15, 0.2) is 0 Å². The molecule has 4 heteroatoms. The Labute approximate surface area is 161 Å². The van der Waals surface area contributed by atoms with Crippen LogP contribution in [0.2, 0.25) is 0 Å². The molecule has 4 nitrogen and oxygen atoms in total. The molecule has 2 aromatic rings. The first kappa shape index (κ1) is 19.6. The fourth-order valence-corrected chi connectivity index (χ4v) is 3.61. The summed E-state index contributed by atoms with van der Waals surface area (Å²) in [5.41, 5.74) is 12.0. The highest BCUT2D eigenvalue weighted by molar-refractivity contribution is 5.74. The van der Waals surface area contributed by atoms with E-state index >= 15 is 0 Å². The van der Waals surface area contributed by atoms with Gasteiger partial charge >= 0.3 is 5.97 Å². The number of methoxy groups -OCH3 is 1. The molecule has 144 valence electrons. The summed E-state index contributed by atoms with van der Waals surface area (Å²) >= 11 is 0. The SMILES string of the molecule is COC(=O)COC(C)(C)Cc1c(C)ccc(C2CC2N)c1-c1ccccc1. The molecule has 1 fully saturated rings. The maximum atomic E-state index is 11.5. The van der Waals surface area contributed by atoms with Gasteiger partial charge in [-0.3, -0.25) is 0 Å². The van der Waals surface area contributed by atoms with Gasteiger partial charge in [-0.05, 0) is 55.0 Å². The Balaban J connectivity index is 2.00. The van der Waals surface area contributed by atoms with Gasteiger partial charge in [0, 0.05) is 18.4 Å². The zero-order chi connectivity index (χ0) is 19.6. The van der Waals surface area contributed by atoms with Crippen LogP contribution in [-0.4, -0.2) is 31.3 Å². The van der Waals surface area contributed by atoms with Crippen molar-refractivity contribution in [1.29, 1.82) is 0 Å². The Kier molecular flexibility index (Phi) is 5.68. The summed E-state index contributed by atoms with van der Waals surface area (Å²) in [5.74, 6) is 0.0550.